The third-order valence-electron chi connectivity index (χ3n) is 2.57. The quantitative estimate of drug-likeness (QED) is 0.691. The second-order valence-electron chi connectivity index (χ2n) is 4.00. The number of aryl methyl sites for hydroxylation is 1. The van der Waals surface area contributed by atoms with Gasteiger partial charge in [-0.2, -0.15) is 5.10 Å². The highest BCUT2D eigenvalue weighted by molar-refractivity contribution is 5.94. The fourth-order valence-electron chi connectivity index (χ4n) is 1.61. The van der Waals surface area contributed by atoms with Crippen molar-refractivity contribution in [2.45, 2.75) is 6.54 Å². The summed E-state index contributed by atoms with van der Waals surface area (Å²) in [5.74, 6) is -0.476. The molecule has 0 fully saturated rings. The number of nitrogens with zero attached hydrogens (tertiary/aromatic N) is 2. The van der Waals surface area contributed by atoms with Gasteiger partial charge in [-0.1, -0.05) is 0 Å². The molecule has 1 amide bonds. The number of nitrogen functional groups attached to an aromatic ring is 1. The number of primary amides is 1. The van der Waals surface area contributed by atoms with Crippen LogP contribution in [0.5, 0.6) is 0 Å². The normalized spacial score (nSPS) is 10.3. The average Bonchev–Trinajstić information content (AvgIpc) is 2.74. The molecule has 6 heteroatoms. The Hall–Kier alpha value is -2.50. The molecule has 5 N–H and O–H groups in total. The third kappa shape index (κ3) is 2.60. The highest BCUT2D eigenvalue weighted by atomic mass is 16.1. The summed E-state index contributed by atoms with van der Waals surface area (Å²) in [7, 11) is 1.85. The number of carbonyl (C=O) groups is 1. The van der Waals surface area contributed by atoms with Gasteiger partial charge in [0.1, 0.15) is 0 Å². The first-order chi connectivity index (χ1) is 8.56. The van der Waals surface area contributed by atoms with Crippen molar-refractivity contribution in [3.05, 3.63) is 41.7 Å². The largest absolute Gasteiger partial charge is 0.397 e. The lowest BCUT2D eigenvalue weighted by Gasteiger charge is -2.09. The van der Waals surface area contributed by atoms with Gasteiger partial charge in [0.15, 0.2) is 0 Å². The predicted molar refractivity (Wildman–Crippen MR) is 69.9 cm³/mol. The number of benzene rings is 1. The zero-order valence-electron chi connectivity index (χ0n) is 10.1. The molecule has 1 aromatic heterocycles. The maximum absolute atomic E-state index is 11.1. The number of hydrogen-bond donors (Lipinski definition) is 3. The van der Waals surface area contributed by atoms with E-state index in [1.54, 1.807) is 22.9 Å². The Balaban J connectivity index is 2.13. The summed E-state index contributed by atoms with van der Waals surface area (Å²) < 4.78 is 1.72. The van der Waals surface area contributed by atoms with Gasteiger partial charge in [-0.25, -0.2) is 0 Å². The molecule has 0 saturated carbocycles. The van der Waals surface area contributed by atoms with E-state index in [1.165, 1.54) is 0 Å². The van der Waals surface area contributed by atoms with Gasteiger partial charge in [-0.05, 0) is 24.3 Å². The minimum absolute atomic E-state index is 0.424. The minimum Gasteiger partial charge on any atom is -0.397 e. The predicted octanol–water partition coefficient (Wildman–Crippen LogP) is 0.713. The standard InChI is InChI=1S/C12H15N5O/c1-17-5-4-9(16-17)7-15-11-6-8(12(14)18)2-3-10(11)13/h2-6,15H,7,13H2,1H3,(H2,14,18). The maximum atomic E-state index is 11.1. The van der Waals surface area contributed by atoms with Crippen LogP contribution < -0.4 is 16.8 Å². The van der Waals surface area contributed by atoms with E-state index in [9.17, 15) is 4.79 Å². The van der Waals surface area contributed by atoms with Gasteiger partial charge >= 0.3 is 0 Å². The summed E-state index contributed by atoms with van der Waals surface area (Å²) >= 11 is 0. The summed E-state index contributed by atoms with van der Waals surface area (Å²) in [6, 6.07) is 6.80. The van der Waals surface area contributed by atoms with E-state index in [4.69, 9.17) is 11.5 Å². The Bertz CT molecular complexity index is 576. The van der Waals surface area contributed by atoms with Crippen LogP contribution in [0.15, 0.2) is 30.5 Å². The van der Waals surface area contributed by atoms with E-state index < -0.39 is 5.91 Å². The van der Waals surface area contributed by atoms with E-state index in [0.717, 1.165) is 5.69 Å². The molecule has 0 aliphatic heterocycles. The maximum Gasteiger partial charge on any atom is 0.248 e. The second kappa shape index (κ2) is 4.79. The van der Waals surface area contributed by atoms with Crippen LogP contribution in [0.1, 0.15) is 16.1 Å². The van der Waals surface area contributed by atoms with Gasteiger partial charge in [0.2, 0.25) is 5.91 Å². The summed E-state index contributed by atoms with van der Waals surface area (Å²) in [5, 5.41) is 7.36. The number of nitrogens with one attached hydrogen (secondary N) is 1. The number of aromatic nitrogens is 2. The molecule has 0 spiro atoms. The molecular weight excluding hydrogens is 230 g/mol. The van der Waals surface area contributed by atoms with Crippen molar-refractivity contribution in [2.75, 3.05) is 11.1 Å². The molecule has 0 bridgehead atoms. The smallest absolute Gasteiger partial charge is 0.248 e. The molecule has 18 heavy (non-hydrogen) atoms. The van der Waals surface area contributed by atoms with Crippen LogP contribution in [-0.4, -0.2) is 15.7 Å². The monoisotopic (exact) mass is 245 g/mol. The van der Waals surface area contributed by atoms with E-state index >= 15 is 0 Å². The van der Waals surface area contributed by atoms with E-state index in [1.807, 2.05) is 19.3 Å². The summed E-state index contributed by atoms with van der Waals surface area (Å²) in [5.41, 5.74) is 13.6. The van der Waals surface area contributed by atoms with Crippen molar-refractivity contribution in [3.8, 4) is 0 Å². The lowest BCUT2D eigenvalue weighted by Crippen LogP contribution is -2.12. The number of nitrogens with two attached hydrogens (primary N) is 2. The summed E-state index contributed by atoms with van der Waals surface area (Å²) in [6.07, 6.45) is 1.86. The highest BCUT2D eigenvalue weighted by Crippen LogP contribution is 2.20. The van der Waals surface area contributed by atoms with Crippen molar-refractivity contribution < 1.29 is 4.79 Å². The Morgan fingerprint density at radius 1 is 1.44 bits per heavy atom. The third-order valence-corrected chi connectivity index (χ3v) is 2.57. The van der Waals surface area contributed by atoms with E-state index in [0.29, 0.717) is 23.5 Å². The summed E-state index contributed by atoms with van der Waals surface area (Å²) in [4.78, 5) is 11.1. The fraction of sp³-hybridized carbons (Fsp3) is 0.167. The van der Waals surface area contributed by atoms with Crippen LogP contribution in [0.3, 0.4) is 0 Å². The molecule has 2 rings (SSSR count). The molecule has 6 nitrogen and oxygen atoms in total. The second-order valence-corrected chi connectivity index (χ2v) is 4.00. The van der Waals surface area contributed by atoms with Crippen LogP contribution in [0, 0.1) is 0 Å². The van der Waals surface area contributed by atoms with E-state index in [-0.39, 0.29) is 0 Å². The molecular formula is C12H15N5O. The molecule has 0 unspecified atom stereocenters. The average molecular weight is 245 g/mol. The molecule has 94 valence electrons. The first-order valence-electron chi connectivity index (χ1n) is 5.48. The van der Waals surface area contributed by atoms with Crippen molar-refractivity contribution in [3.63, 3.8) is 0 Å². The van der Waals surface area contributed by atoms with Crippen molar-refractivity contribution in [1.29, 1.82) is 0 Å². The van der Waals surface area contributed by atoms with Crippen LogP contribution in [0.25, 0.3) is 0 Å². The molecule has 0 radical (unpaired) electrons. The van der Waals surface area contributed by atoms with Gasteiger partial charge in [0.05, 0.1) is 23.6 Å². The molecule has 0 aliphatic rings. The number of rotatable bonds is 4. The van der Waals surface area contributed by atoms with Crippen molar-refractivity contribution >= 4 is 17.3 Å². The van der Waals surface area contributed by atoms with Crippen molar-refractivity contribution in [1.82, 2.24) is 9.78 Å². The number of hydrogen-bond acceptors (Lipinski definition) is 4. The lowest BCUT2D eigenvalue weighted by atomic mass is 10.1. The van der Waals surface area contributed by atoms with Gasteiger partial charge in [-0.3, -0.25) is 9.48 Å². The van der Waals surface area contributed by atoms with Gasteiger partial charge in [0, 0.05) is 18.8 Å². The number of carbonyl (C=O) groups excluding carboxylic acids is 1. The van der Waals surface area contributed by atoms with Crippen LogP contribution >= 0.6 is 0 Å². The molecule has 0 aliphatic carbocycles. The van der Waals surface area contributed by atoms with Crippen LogP contribution in [-0.2, 0) is 13.6 Å². The first-order valence-corrected chi connectivity index (χ1v) is 5.48. The number of anilines is 2. The van der Waals surface area contributed by atoms with Crippen molar-refractivity contribution in [2.24, 2.45) is 12.8 Å². The Morgan fingerprint density at radius 3 is 2.83 bits per heavy atom. The van der Waals surface area contributed by atoms with Crippen LogP contribution in [0.2, 0.25) is 0 Å². The highest BCUT2D eigenvalue weighted by Gasteiger charge is 2.05. The minimum atomic E-state index is -0.476. The molecule has 2 aromatic rings. The fourth-order valence-corrected chi connectivity index (χ4v) is 1.61. The van der Waals surface area contributed by atoms with Gasteiger partial charge < -0.3 is 16.8 Å². The zero-order chi connectivity index (χ0) is 13.1. The lowest BCUT2D eigenvalue weighted by molar-refractivity contribution is 0.100. The van der Waals surface area contributed by atoms with Crippen LogP contribution in [0.4, 0.5) is 11.4 Å². The zero-order valence-corrected chi connectivity index (χ0v) is 10.1. The molecule has 0 saturated heterocycles. The SMILES string of the molecule is Cn1ccc(CNc2cc(C(N)=O)ccc2N)n1. The molecule has 1 heterocycles. The van der Waals surface area contributed by atoms with Gasteiger partial charge in [-0.15, -0.1) is 0 Å². The Morgan fingerprint density at radius 2 is 2.22 bits per heavy atom. The summed E-state index contributed by atoms with van der Waals surface area (Å²) in [6.45, 7) is 0.535. The topological polar surface area (TPSA) is 99.0 Å². The Kier molecular flexibility index (Phi) is 3.18. The number of amides is 1. The van der Waals surface area contributed by atoms with Gasteiger partial charge in [0.25, 0.3) is 0 Å². The molecule has 0 atom stereocenters. The Labute approximate surface area is 105 Å². The molecule has 1 aromatic carbocycles. The first kappa shape index (κ1) is 12.0. The van der Waals surface area contributed by atoms with E-state index in [2.05, 4.69) is 10.4 Å².